The molecule has 0 radical (unpaired) electrons. The van der Waals surface area contributed by atoms with E-state index < -0.39 is 0 Å². The molecule has 0 saturated heterocycles. The molecule has 4 rings (SSSR count). The number of aromatic hydroxyl groups is 1. The van der Waals surface area contributed by atoms with Crippen molar-refractivity contribution in [2.45, 2.75) is 33.4 Å². The second-order valence-electron chi connectivity index (χ2n) is 7.04. The van der Waals surface area contributed by atoms with E-state index in [1.54, 1.807) is 12.1 Å². The molecule has 1 aromatic heterocycles. The first-order valence-corrected chi connectivity index (χ1v) is 9.02. The van der Waals surface area contributed by atoms with Crippen LogP contribution in [0.25, 0.3) is 11.3 Å². The van der Waals surface area contributed by atoms with Gasteiger partial charge in [0, 0.05) is 37.2 Å². The van der Waals surface area contributed by atoms with Crippen molar-refractivity contribution in [2.24, 2.45) is 0 Å². The monoisotopic (exact) mass is 345 g/mol. The standard InChI is InChI=1S/C22H23N3O/c1-15-3-5-17(6-4-15)13-25-12-11-21-20(14-25)22(24-16(2)23-21)18-7-9-19(26)10-8-18/h3-10,26H,11-14H2,1-2H3. The highest BCUT2D eigenvalue weighted by Gasteiger charge is 2.22. The first-order chi connectivity index (χ1) is 12.6. The molecule has 0 amide bonds. The van der Waals surface area contributed by atoms with Crippen LogP contribution < -0.4 is 0 Å². The summed E-state index contributed by atoms with van der Waals surface area (Å²) >= 11 is 0. The number of hydrogen-bond donors (Lipinski definition) is 1. The molecule has 2 heterocycles. The molecule has 26 heavy (non-hydrogen) atoms. The Kier molecular flexibility index (Phi) is 4.43. The van der Waals surface area contributed by atoms with E-state index in [1.165, 1.54) is 16.7 Å². The quantitative estimate of drug-likeness (QED) is 0.779. The number of aryl methyl sites for hydroxylation is 2. The zero-order chi connectivity index (χ0) is 18.1. The van der Waals surface area contributed by atoms with Crippen molar-refractivity contribution < 1.29 is 5.11 Å². The Hall–Kier alpha value is -2.72. The number of phenols is 1. The minimum absolute atomic E-state index is 0.273. The third-order valence-corrected chi connectivity index (χ3v) is 4.92. The van der Waals surface area contributed by atoms with Gasteiger partial charge in [0.05, 0.1) is 11.4 Å². The van der Waals surface area contributed by atoms with Crippen LogP contribution in [0, 0.1) is 13.8 Å². The number of rotatable bonds is 3. The van der Waals surface area contributed by atoms with Crippen molar-refractivity contribution in [1.29, 1.82) is 0 Å². The van der Waals surface area contributed by atoms with E-state index in [9.17, 15) is 5.11 Å². The van der Waals surface area contributed by atoms with Gasteiger partial charge in [-0.1, -0.05) is 29.8 Å². The van der Waals surface area contributed by atoms with Gasteiger partial charge in [-0.3, -0.25) is 4.90 Å². The van der Waals surface area contributed by atoms with Crippen LogP contribution in [0.2, 0.25) is 0 Å². The van der Waals surface area contributed by atoms with Crippen LogP contribution in [-0.4, -0.2) is 26.5 Å². The summed E-state index contributed by atoms with van der Waals surface area (Å²) < 4.78 is 0. The van der Waals surface area contributed by atoms with Crippen LogP contribution in [0.4, 0.5) is 0 Å². The Morgan fingerprint density at radius 3 is 2.42 bits per heavy atom. The number of aromatic nitrogens is 2. The van der Waals surface area contributed by atoms with E-state index in [1.807, 2.05) is 19.1 Å². The largest absolute Gasteiger partial charge is 0.508 e. The van der Waals surface area contributed by atoms with Gasteiger partial charge < -0.3 is 5.11 Å². The van der Waals surface area contributed by atoms with Gasteiger partial charge in [0.2, 0.25) is 0 Å². The van der Waals surface area contributed by atoms with Crippen LogP contribution >= 0.6 is 0 Å². The number of benzene rings is 2. The molecule has 0 aliphatic carbocycles. The second-order valence-corrected chi connectivity index (χ2v) is 7.04. The first-order valence-electron chi connectivity index (χ1n) is 9.02. The average Bonchev–Trinajstić information content (AvgIpc) is 2.64. The predicted molar refractivity (Wildman–Crippen MR) is 103 cm³/mol. The van der Waals surface area contributed by atoms with Gasteiger partial charge in [0.25, 0.3) is 0 Å². The van der Waals surface area contributed by atoms with Crippen molar-refractivity contribution in [3.05, 3.63) is 76.7 Å². The molecule has 0 atom stereocenters. The molecule has 0 saturated carbocycles. The molecule has 1 N–H and O–H groups in total. The van der Waals surface area contributed by atoms with Crippen molar-refractivity contribution in [3.63, 3.8) is 0 Å². The lowest BCUT2D eigenvalue weighted by Crippen LogP contribution is -2.31. The zero-order valence-electron chi connectivity index (χ0n) is 15.2. The molecule has 0 bridgehead atoms. The highest BCUT2D eigenvalue weighted by atomic mass is 16.3. The number of hydrogen-bond acceptors (Lipinski definition) is 4. The van der Waals surface area contributed by atoms with E-state index in [4.69, 9.17) is 4.98 Å². The maximum absolute atomic E-state index is 9.58. The Balaban J connectivity index is 1.65. The fraction of sp³-hybridized carbons (Fsp3) is 0.273. The predicted octanol–water partition coefficient (Wildman–Crippen LogP) is 4.02. The summed E-state index contributed by atoms with van der Waals surface area (Å²) in [4.78, 5) is 11.9. The highest BCUT2D eigenvalue weighted by Crippen LogP contribution is 2.29. The summed E-state index contributed by atoms with van der Waals surface area (Å²) in [7, 11) is 0. The summed E-state index contributed by atoms with van der Waals surface area (Å²) in [6, 6.07) is 16.0. The van der Waals surface area contributed by atoms with Gasteiger partial charge in [-0.15, -0.1) is 0 Å². The van der Waals surface area contributed by atoms with Crippen molar-refractivity contribution in [2.75, 3.05) is 6.54 Å². The van der Waals surface area contributed by atoms with E-state index in [0.29, 0.717) is 0 Å². The van der Waals surface area contributed by atoms with E-state index in [-0.39, 0.29) is 5.75 Å². The number of nitrogens with zero attached hydrogens (tertiary/aromatic N) is 3. The van der Waals surface area contributed by atoms with Crippen molar-refractivity contribution in [1.82, 2.24) is 14.9 Å². The molecule has 4 nitrogen and oxygen atoms in total. The molecular weight excluding hydrogens is 322 g/mol. The number of phenolic OH excluding ortho intramolecular Hbond substituents is 1. The third-order valence-electron chi connectivity index (χ3n) is 4.92. The highest BCUT2D eigenvalue weighted by molar-refractivity contribution is 5.65. The molecule has 3 aromatic rings. The molecule has 1 aliphatic heterocycles. The SMILES string of the molecule is Cc1ccc(CN2CCc3nc(C)nc(-c4ccc(O)cc4)c3C2)cc1. The first kappa shape index (κ1) is 16.7. The fourth-order valence-electron chi connectivity index (χ4n) is 3.54. The molecule has 0 unspecified atom stereocenters. The average molecular weight is 345 g/mol. The van der Waals surface area contributed by atoms with E-state index in [2.05, 4.69) is 41.1 Å². The second kappa shape index (κ2) is 6.89. The lowest BCUT2D eigenvalue weighted by atomic mass is 9.98. The Morgan fingerprint density at radius 2 is 1.69 bits per heavy atom. The molecule has 0 fully saturated rings. The molecule has 0 spiro atoms. The van der Waals surface area contributed by atoms with Crippen molar-refractivity contribution >= 4 is 0 Å². The molecule has 132 valence electrons. The molecule has 2 aromatic carbocycles. The van der Waals surface area contributed by atoms with Gasteiger partial charge in [-0.2, -0.15) is 0 Å². The number of fused-ring (bicyclic) bond motifs is 1. The van der Waals surface area contributed by atoms with Gasteiger partial charge >= 0.3 is 0 Å². The van der Waals surface area contributed by atoms with Gasteiger partial charge in [-0.05, 0) is 43.7 Å². The van der Waals surface area contributed by atoms with Crippen molar-refractivity contribution in [3.8, 4) is 17.0 Å². The van der Waals surface area contributed by atoms with Crippen LogP contribution in [0.15, 0.2) is 48.5 Å². The Bertz CT molecular complexity index is 917. The third kappa shape index (κ3) is 3.46. The van der Waals surface area contributed by atoms with Crippen LogP contribution in [0.1, 0.15) is 28.2 Å². The van der Waals surface area contributed by atoms with Crippen LogP contribution in [0.5, 0.6) is 5.75 Å². The summed E-state index contributed by atoms with van der Waals surface area (Å²) in [6.45, 7) is 6.85. The summed E-state index contributed by atoms with van der Waals surface area (Å²) in [5, 5.41) is 9.58. The minimum atomic E-state index is 0.273. The fourth-order valence-corrected chi connectivity index (χ4v) is 3.54. The summed E-state index contributed by atoms with van der Waals surface area (Å²) in [6.07, 6.45) is 0.940. The Labute approximate surface area is 154 Å². The normalized spacial score (nSPS) is 14.2. The van der Waals surface area contributed by atoms with Crippen LogP contribution in [-0.2, 0) is 19.5 Å². The molecular formula is C22H23N3O. The van der Waals surface area contributed by atoms with E-state index >= 15 is 0 Å². The molecule has 1 aliphatic rings. The maximum Gasteiger partial charge on any atom is 0.126 e. The summed E-state index contributed by atoms with van der Waals surface area (Å²) in [5.41, 5.74) is 7.00. The molecule has 4 heteroatoms. The summed E-state index contributed by atoms with van der Waals surface area (Å²) in [5.74, 6) is 1.08. The smallest absolute Gasteiger partial charge is 0.126 e. The minimum Gasteiger partial charge on any atom is -0.508 e. The zero-order valence-corrected chi connectivity index (χ0v) is 15.2. The maximum atomic E-state index is 9.58. The Morgan fingerprint density at radius 1 is 0.962 bits per heavy atom. The van der Waals surface area contributed by atoms with Gasteiger partial charge in [0.15, 0.2) is 0 Å². The van der Waals surface area contributed by atoms with E-state index in [0.717, 1.165) is 48.8 Å². The van der Waals surface area contributed by atoms with Gasteiger partial charge in [0.1, 0.15) is 11.6 Å². The topological polar surface area (TPSA) is 49.2 Å². The lowest BCUT2D eigenvalue weighted by Gasteiger charge is -2.29. The van der Waals surface area contributed by atoms with Crippen LogP contribution in [0.3, 0.4) is 0 Å². The van der Waals surface area contributed by atoms with Gasteiger partial charge in [-0.25, -0.2) is 9.97 Å². The lowest BCUT2D eigenvalue weighted by molar-refractivity contribution is 0.243.